The number of methoxy groups -OCH3 is 1. The lowest BCUT2D eigenvalue weighted by Gasteiger charge is -2.09. The first-order chi connectivity index (χ1) is 11.6. The molecule has 0 unspecified atom stereocenters. The summed E-state index contributed by atoms with van der Waals surface area (Å²) in [7, 11) is 1.64. The van der Waals surface area contributed by atoms with Crippen LogP contribution < -0.4 is 14.8 Å². The Labute approximate surface area is 147 Å². The Kier molecular flexibility index (Phi) is 6.94. The van der Waals surface area contributed by atoms with Crippen molar-refractivity contribution in [3.05, 3.63) is 58.6 Å². The van der Waals surface area contributed by atoms with Gasteiger partial charge in [-0.3, -0.25) is 4.79 Å². The number of nitrogens with one attached hydrogen (secondary N) is 1. The van der Waals surface area contributed by atoms with Gasteiger partial charge in [0, 0.05) is 11.6 Å². The summed E-state index contributed by atoms with van der Waals surface area (Å²) in [5.41, 5.74) is 2.15. The second kappa shape index (κ2) is 9.18. The number of hydrogen-bond acceptors (Lipinski definition) is 3. The third-order valence-corrected chi connectivity index (χ3v) is 4.03. The highest BCUT2D eigenvalue weighted by atomic mass is 35.5. The van der Waals surface area contributed by atoms with Gasteiger partial charge >= 0.3 is 0 Å². The molecule has 24 heavy (non-hydrogen) atoms. The molecule has 2 aromatic rings. The molecule has 0 saturated heterocycles. The molecule has 0 aliphatic carbocycles. The van der Waals surface area contributed by atoms with Gasteiger partial charge in [0.2, 0.25) is 0 Å². The molecule has 0 saturated carbocycles. The maximum absolute atomic E-state index is 11.8. The molecule has 0 spiro atoms. The van der Waals surface area contributed by atoms with Crippen molar-refractivity contribution in [2.75, 3.05) is 20.3 Å². The second-order valence-electron chi connectivity index (χ2n) is 5.34. The number of carbonyl (C=O) groups excluding carboxylic acids is 1. The van der Waals surface area contributed by atoms with Crippen molar-refractivity contribution >= 4 is 17.5 Å². The number of aryl methyl sites for hydroxylation is 1. The first-order valence-electron chi connectivity index (χ1n) is 7.93. The van der Waals surface area contributed by atoms with Gasteiger partial charge in [-0.15, -0.1) is 0 Å². The monoisotopic (exact) mass is 347 g/mol. The molecular formula is C19H22ClNO3. The highest BCUT2D eigenvalue weighted by Crippen LogP contribution is 2.22. The summed E-state index contributed by atoms with van der Waals surface area (Å²) < 4.78 is 10.6. The summed E-state index contributed by atoms with van der Waals surface area (Å²) in [6.45, 7) is 2.58. The van der Waals surface area contributed by atoms with Gasteiger partial charge in [0.05, 0.1) is 7.11 Å². The van der Waals surface area contributed by atoms with E-state index in [1.54, 1.807) is 19.2 Å². The Morgan fingerprint density at radius 3 is 2.50 bits per heavy atom. The van der Waals surface area contributed by atoms with Crippen LogP contribution in [-0.4, -0.2) is 26.2 Å². The SMILES string of the molecule is CCc1cc(OCC(=O)NCCc2ccc(OC)cc2)ccc1Cl. The Bertz CT molecular complexity index is 671. The zero-order valence-corrected chi connectivity index (χ0v) is 14.7. The van der Waals surface area contributed by atoms with Gasteiger partial charge in [0.15, 0.2) is 6.61 Å². The molecule has 1 N–H and O–H groups in total. The molecule has 0 fully saturated rings. The van der Waals surface area contributed by atoms with E-state index in [1.807, 2.05) is 37.3 Å². The Morgan fingerprint density at radius 2 is 1.83 bits per heavy atom. The van der Waals surface area contributed by atoms with Gasteiger partial charge in [0.1, 0.15) is 11.5 Å². The molecule has 0 aromatic heterocycles. The van der Waals surface area contributed by atoms with E-state index in [-0.39, 0.29) is 12.5 Å². The van der Waals surface area contributed by atoms with Crippen LogP contribution >= 0.6 is 11.6 Å². The summed E-state index contributed by atoms with van der Waals surface area (Å²) in [4.78, 5) is 11.8. The quantitative estimate of drug-likeness (QED) is 0.793. The molecule has 2 aromatic carbocycles. The number of ether oxygens (including phenoxy) is 2. The van der Waals surface area contributed by atoms with E-state index in [4.69, 9.17) is 21.1 Å². The first kappa shape index (κ1) is 18.1. The van der Waals surface area contributed by atoms with E-state index in [9.17, 15) is 4.79 Å². The Morgan fingerprint density at radius 1 is 1.12 bits per heavy atom. The molecule has 1 amide bonds. The molecular weight excluding hydrogens is 326 g/mol. The van der Waals surface area contributed by atoms with Crippen molar-refractivity contribution in [1.29, 1.82) is 0 Å². The summed E-state index contributed by atoms with van der Waals surface area (Å²) in [5, 5.41) is 3.57. The molecule has 0 radical (unpaired) electrons. The molecule has 2 rings (SSSR count). The topological polar surface area (TPSA) is 47.6 Å². The standard InChI is InChI=1S/C19H22ClNO3/c1-3-15-12-17(8-9-18(15)20)24-13-19(22)21-11-10-14-4-6-16(23-2)7-5-14/h4-9,12H,3,10-11,13H2,1-2H3,(H,21,22). The van der Waals surface area contributed by atoms with E-state index < -0.39 is 0 Å². The molecule has 5 heteroatoms. The van der Waals surface area contributed by atoms with Gasteiger partial charge in [-0.1, -0.05) is 30.7 Å². The predicted molar refractivity (Wildman–Crippen MR) is 96.0 cm³/mol. The van der Waals surface area contributed by atoms with E-state index in [1.165, 1.54) is 0 Å². The van der Waals surface area contributed by atoms with Crippen LogP contribution in [0.3, 0.4) is 0 Å². The largest absolute Gasteiger partial charge is 0.497 e. The van der Waals surface area contributed by atoms with Crippen LogP contribution in [0.1, 0.15) is 18.1 Å². The fourth-order valence-electron chi connectivity index (χ4n) is 2.25. The number of carbonyl (C=O) groups is 1. The molecule has 0 aliphatic heterocycles. The van der Waals surface area contributed by atoms with Crippen LogP contribution in [0.4, 0.5) is 0 Å². The molecule has 0 aliphatic rings. The lowest BCUT2D eigenvalue weighted by molar-refractivity contribution is -0.123. The number of rotatable bonds is 8. The van der Waals surface area contributed by atoms with Crippen molar-refractivity contribution in [2.24, 2.45) is 0 Å². The highest BCUT2D eigenvalue weighted by molar-refractivity contribution is 6.31. The van der Waals surface area contributed by atoms with Crippen LogP contribution in [-0.2, 0) is 17.6 Å². The normalized spacial score (nSPS) is 10.3. The summed E-state index contributed by atoms with van der Waals surface area (Å²) in [6.07, 6.45) is 1.58. The zero-order valence-electron chi connectivity index (χ0n) is 14.0. The Hall–Kier alpha value is -2.20. The number of amides is 1. The lowest BCUT2D eigenvalue weighted by Crippen LogP contribution is -2.30. The molecule has 0 heterocycles. The van der Waals surface area contributed by atoms with Crippen LogP contribution in [0.15, 0.2) is 42.5 Å². The maximum Gasteiger partial charge on any atom is 0.257 e. The van der Waals surface area contributed by atoms with Gasteiger partial charge < -0.3 is 14.8 Å². The van der Waals surface area contributed by atoms with Crippen LogP contribution in [0.5, 0.6) is 11.5 Å². The number of benzene rings is 2. The fraction of sp³-hybridized carbons (Fsp3) is 0.316. The third-order valence-electron chi connectivity index (χ3n) is 3.66. The van der Waals surface area contributed by atoms with E-state index >= 15 is 0 Å². The van der Waals surface area contributed by atoms with Gasteiger partial charge in [-0.05, 0) is 54.3 Å². The molecule has 0 bridgehead atoms. The lowest BCUT2D eigenvalue weighted by atomic mass is 10.1. The number of halogens is 1. The molecule has 0 atom stereocenters. The average Bonchev–Trinajstić information content (AvgIpc) is 2.61. The predicted octanol–water partition coefficient (Wildman–Crippen LogP) is 3.65. The van der Waals surface area contributed by atoms with Crippen molar-refractivity contribution < 1.29 is 14.3 Å². The summed E-state index contributed by atoms with van der Waals surface area (Å²) in [5.74, 6) is 1.34. The smallest absolute Gasteiger partial charge is 0.257 e. The minimum atomic E-state index is -0.142. The fourth-order valence-corrected chi connectivity index (χ4v) is 2.50. The van der Waals surface area contributed by atoms with Gasteiger partial charge in [-0.25, -0.2) is 0 Å². The van der Waals surface area contributed by atoms with Crippen molar-refractivity contribution in [3.8, 4) is 11.5 Å². The zero-order chi connectivity index (χ0) is 17.4. The minimum absolute atomic E-state index is 0.00655. The summed E-state index contributed by atoms with van der Waals surface area (Å²) >= 11 is 6.06. The number of hydrogen-bond donors (Lipinski definition) is 1. The van der Waals surface area contributed by atoms with Crippen LogP contribution in [0.2, 0.25) is 5.02 Å². The van der Waals surface area contributed by atoms with Gasteiger partial charge in [-0.2, -0.15) is 0 Å². The highest BCUT2D eigenvalue weighted by Gasteiger charge is 2.05. The van der Waals surface area contributed by atoms with Crippen molar-refractivity contribution in [3.63, 3.8) is 0 Å². The van der Waals surface area contributed by atoms with Crippen LogP contribution in [0.25, 0.3) is 0 Å². The molecule has 128 valence electrons. The third kappa shape index (κ3) is 5.46. The maximum atomic E-state index is 11.8. The second-order valence-corrected chi connectivity index (χ2v) is 5.75. The summed E-state index contributed by atoms with van der Waals surface area (Å²) in [6, 6.07) is 13.2. The van der Waals surface area contributed by atoms with E-state index in [0.29, 0.717) is 17.3 Å². The minimum Gasteiger partial charge on any atom is -0.497 e. The molecule has 4 nitrogen and oxygen atoms in total. The van der Waals surface area contributed by atoms with E-state index in [0.717, 1.165) is 29.7 Å². The Balaban J connectivity index is 1.73. The van der Waals surface area contributed by atoms with Crippen molar-refractivity contribution in [1.82, 2.24) is 5.32 Å². The van der Waals surface area contributed by atoms with Crippen LogP contribution in [0, 0.1) is 0 Å². The van der Waals surface area contributed by atoms with Gasteiger partial charge in [0.25, 0.3) is 5.91 Å². The average molecular weight is 348 g/mol. The first-order valence-corrected chi connectivity index (χ1v) is 8.31. The van der Waals surface area contributed by atoms with Crippen molar-refractivity contribution in [2.45, 2.75) is 19.8 Å². The van der Waals surface area contributed by atoms with E-state index in [2.05, 4.69) is 5.32 Å².